The quantitative estimate of drug-likeness (QED) is 0.327. The van der Waals surface area contributed by atoms with Gasteiger partial charge < -0.3 is 0 Å². The van der Waals surface area contributed by atoms with Crippen LogP contribution in [0.15, 0.2) is 11.6 Å². The van der Waals surface area contributed by atoms with Gasteiger partial charge in [0.1, 0.15) is 6.07 Å². The highest BCUT2D eigenvalue weighted by molar-refractivity contribution is 9.09. The third-order valence-corrected chi connectivity index (χ3v) is 13.9. The third kappa shape index (κ3) is 3.33. The van der Waals surface area contributed by atoms with E-state index in [9.17, 15) is 10.1 Å². The number of alkyl halides is 1. The number of allylic oxidation sites excluding steroid dienone is 2. The fourth-order valence-corrected chi connectivity index (χ4v) is 12.2. The summed E-state index contributed by atoms with van der Waals surface area (Å²) in [7, 11) is 0. The second-order valence-electron chi connectivity index (χ2n) is 15.5. The fraction of sp³-hybridized carbons (Fsp3) is 0.875. The maximum absolute atomic E-state index is 13.2. The molecular formula is C32H48BrNO. The maximum atomic E-state index is 13.2. The number of fused-ring (bicyclic) bond motifs is 7. The van der Waals surface area contributed by atoms with Crippen molar-refractivity contribution >= 4 is 21.7 Å². The molecule has 0 bridgehead atoms. The molecule has 194 valence electrons. The van der Waals surface area contributed by atoms with E-state index in [4.69, 9.17) is 0 Å². The van der Waals surface area contributed by atoms with E-state index in [1.165, 1.54) is 57.8 Å². The smallest absolute Gasteiger partial charge is 0.178 e. The number of carbonyl (C=O) groups is 1. The highest BCUT2D eigenvalue weighted by atomic mass is 79.9. The van der Waals surface area contributed by atoms with Crippen LogP contribution in [0.3, 0.4) is 0 Å². The summed E-state index contributed by atoms with van der Waals surface area (Å²) in [5.74, 6) is 2.59. The van der Waals surface area contributed by atoms with E-state index < -0.39 is 5.41 Å². The van der Waals surface area contributed by atoms with Crippen LogP contribution in [0.1, 0.15) is 113 Å². The fourth-order valence-electron chi connectivity index (χ4n) is 11.4. The number of halogens is 1. The molecule has 5 aliphatic carbocycles. The Labute approximate surface area is 223 Å². The molecule has 8 atom stereocenters. The van der Waals surface area contributed by atoms with E-state index in [2.05, 4.69) is 76.5 Å². The second-order valence-corrected chi connectivity index (χ2v) is 16.3. The number of hydrogen-bond donors (Lipinski definition) is 0. The zero-order valence-electron chi connectivity index (χ0n) is 23.4. The van der Waals surface area contributed by atoms with Gasteiger partial charge in [-0.2, -0.15) is 5.26 Å². The van der Waals surface area contributed by atoms with E-state index in [-0.39, 0.29) is 16.6 Å². The molecule has 0 saturated heterocycles. The molecule has 2 nitrogen and oxygen atoms in total. The first-order valence-electron chi connectivity index (χ1n) is 14.4. The molecule has 0 amide bonds. The Hall–Kier alpha value is -0.620. The lowest BCUT2D eigenvalue weighted by atomic mass is 9.31. The Morgan fingerprint density at radius 3 is 2.23 bits per heavy atom. The molecule has 35 heavy (non-hydrogen) atoms. The molecule has 0 N–H and O–H groups in total. The van der Waals surface area contributed by atoms with Crippen LogP contribution in [0.2, 0.25) is 0 Å². The molecule has 0 aromatic carbocycles. The lowest BCUT2D eigenvalue weighted by Crippen LogP contribution is -2.66. The zero-order valence-corrected chi connectivity index (χ0v) is 25.0. The predicted octanol–water partition coefficient (Wildman–Crippen LogP) is 8.89. The summed E-state index contributed by atoms with van der Waals surface area (Å²) in [5, 5.41) is 11.0. The van der Waals surface area contributed by atoms with Crippen molar-refractivity contribution in [2.24, 2.45) is 56.2 Å². The number of Topliss-reactive ketones (excluding diaryl/α,β-unsaturated/α-hetero) is 1. The first-order chi connectivity index (χ1) is 16.2. The van der Waals surface area contributed by atoms with Crippen LogP contribution in [0, 0.1) is 67.5 Å². The summed E-state index contributed by atoms with van der Waals surface area (Å²) in [5.41, 5.74) is 1.50. The first-order valence-corrected chi connectivity index (χ1v) is 15.6. The molecule has 0 radical (unpaired) electrons. The van der Waals surface area contributed by atoms with E-state index in [1.54, 1.807) is 0 Å². The van der Waals surface area contributed by atoms with Crippen LogP contribution in [0.4, 0.5) is 0 Å². The van der Waals surface area contributed by atoms with Gasteiger partial charge in [0.25, 0.3) is 0 Å². The van der Waals surface area contributed by atoms with Crippen molar-refractivity contribution in [3.63, 3.8) is 0 Å². The molecule has 4 fully saturated rings. The maximum Gasteiger partial charge on any atom is 0.178 e. The van der Waals surface area contributed by atoms with Crippen molar-refractivity contribution in [3.05, 3.63) is 11.6 Å². The molecular weight excluding hydrogens is 494 g/mol. The van der Waals surface area contributed by atoms with Crippen molar-refractivity contribution < 1.29 is 4.79 Å². The molecule has 5 rings (SSSR count). The largest absolute Gasteiger partial charge is 0.293 e. The van der Waals surface area contributed by atoms with Gasteiger partial charge in [-0.3, -0.25) is 4.79 Å². The van der Waals surface area contributed by atoms with Crippen LogP contribution < -0.4 is 0 Å². The van der Waals surface area contributed by atoms with E-state index in [1.807, 2.05) is 0 Å². The van der Waals surface area contributed by atoms with Gasteiger partial charge in [-0.25, -0.2) is 0 Å². The summed E-state index contributed by atoms with van der Waals surface area (Å²) in [6.07, 6.45) is 15.4. The van der Waals surface area contributed by atoms with Crippen LogP contribution >= 0.6 is 15.9 Å². The van der Waals surface area contributed by atoms with Gasteiger partial charge >= 0.3 is 0 Å². The Balaban J connectivity index is 1.58. The normalized spacial score (nSPS) is 50.0. The van der Waals surface area contributed by atoms with Crippen molar-refractivity contribution in [1.29, 1.82) is 5.26 Å². The van der Waals surface area contributed by atoms with E-state index in [0.717, 1.165) is 23.6 Å². The molecule has 5 aliphatic rings. The average molecular weight is 543 g/mol. The van der Waals surface area contributed by atoms with Crippen molar-refractivity contribution in [2.75, 3.05) is 5.33 Å². The molecule has 3 heteroatoms. The number of carbonyl (C=O) groups excluding carboxylic acids is 1. The number of nitrogens with zero attached hydrogens (tertiary/aromatic N) is 1. The van der Waals surface area contributed by atoms with E-state index in [0.29, 0.717) is 33.7 Å². The minimum atomic E-state index is -0.446. The Kier molecular flexibility index (Phi) is 5.90. The molecule has 4 saturated carbocycles. The van der Waals surface area contributed by atoms with Crippen LogP contribution in [0.25, 0.3) is 0 Å². The number of ketones is 1. The summed E-state index contributed by atoms with van der Waals surface area (Å²) >= 11 is 3.85. The van der Waals surface area contributed by atoms with Crippen LogP contribution in [0.5, 0.6) is 0 Å². The van der Waals surface area contributed by atoms with Crippen molar-refractivity contribution in [1.82, 2.24) is 0 Å². The predicted molar refractivity (Wildman–Crippen MR) is 147 cm³/mol. The van der Waals surface area contributed by atoms with Crippen LogP contribution in [-0.2, 0) is 4.79 Å². The molecule has 8 unspecified atom stereocenters. The van der Waals surface area contributed by atoms with Gasteiger partial charge in [0.05, 0.1) is 5.57 Å². The Morgan fingerprint density at radius 1 is 0.886 bits per heavy atom. The monoisotopic (exact) mass is 541 g/mol. The number of hydrogen-bond acceptors (Lipinski definition) is 2. The summed E-state index contributed by atoms with van der Waals surface area (Å²) < 4.78 is 0. The minimum Gasteiger partial charge on any atom is -0.293 e. The Bertz CT molecular complexity index is 988. The number of nitriles is 1. The van der Waals surface area contributed by atoms with Crippen LogP contribution in [-0.4, -0.2) is 11.1 Å². The lowest BCUT2D eigenvalue weighted by Gasteiger charge is -2.73. The second kappa shape index (κ2) is 7.94. The average Bonchev–Trinajstić information content (AvgIpc) is 2.77. The standard InChI is InChI=1S/C32H48BrNO/c1-27(2)12-14-32(16-17-33)15-13-30(6)22(23(32)19-27)8-9-25-29(5)18-21(20-34)26(35)28(3,4)24(29)10-11-31(25,30)7/h18,22-25H,8-17,19H2,1-7H3. The van der Waals surface area contributed by atoms with Gasteiger partial charge in [0.15, 0.2) is 5.78 Å². The van der Waals surface area contributed by atoms with Gasteiger partial charge in [-0.15, -0.1) is 0 Å². The minimum absolute atomic E-state index is 0.0698. The van der Waals surface area contributed by atoms with Gasteiger partial charge in [0.2, 0.25) is 0 Å². The lowest BCUT2D eigenvalue weighted by molar-refractivity contribution is -0.229. The summed E-state index contributed by atoms with van der Waals surface area (Å²) in [6.45, 7) is 17.0. The molecule has 0 aromatic heterocycles. The van der Waals surface area contributed by atoms with E-state index >= 15 is 0 Å². The molecule has 0 spiro atoms. The third-order valence-electron chi connectivity index (χ3n) is 13.5. The molecule has 0 aliphatic heterocycles. The first kappa shape index (κ1) is 26.0. The molecule has 0 heterocycles. The van der Waals surface area contributed by atoms with Gasteiger partial charge in [-0.05, 0) is 115 Å². The highest BCUT2D eigenvalue weighted by Gasteiger charge is 2.69. The Morgan fingerprint density at radius 2 is 1.57 bits per heavy atom. The highest BCUT2D eigenvalue weighted by Crippen LogP contribution is 2.76. The van der Waals surface area contributed by atoms with Gasteiger partial charge in [-0.1, -0.05) is 70.5 Å². The van der Waals surface area contributed by atoms with Crippen molar-refractivity contribution in [3.8, 4) is 6.07 Å². The number of rotatable bonds is 2. The van der Waals surface area contributed by atoms with Gasteiger partial charge in [0, 0.05) is 10.7 Å². The van der Waals surface area contributed by atoms with Crippen molar-refractivity contribution in [2.45, 2.75) is 113 Å². The molecule has 0 aromatic rings. The summed E-state index contributed by atoms with van der Waals surface area (Å²) in [4.78, 5) is 13.2. The zero-order chi connectivity index (χ0) is 25.7. The topological polar surface area (TPSA) is 40.9 Å². The summed E-state index contributed by atoms with van der Waals surface area (Å²) in [6, 6.07) is 2.31. The SMILES string of the molecule is CC1(C)CCC2(CCBr)CCC3(C)C(CCC4C5(C)C=C(C#N)C(=O)C(C)(C)C5CCC43C)C2C1.